The van der Waals surface area contributed by atoms with Gasteiger partial charge in [0.25, 0.3) is 0 Å². The zero-order valence-corrected chi connectivity index (χ0v) is 18.4. The highest BCUT2D eigenvalue weighted by molar-refractivity contribution is 6.00. The second kappa shape index (κ2) is 9.64. The van der Waals surface area contributed by atoms with Gasteiger partial charge in [-0.25, -0.2) is 13.2 Å². The van der Waals surface area contributed by atoms with Crippen LogP contribution in [0.2, 0.25) is 0 Å². The van der Waals surface area contributed by atoms with Crippen molar-refractivity contribution in [2.45, 2.75) is 45.4 Å². The normalized spacial score (nSPS) is 18.4. The average molecular weight is 458 g/mol. The van der Waals surface area contributed by atoms with E-state index in [1.54, 1.807) is 0 Å². The molecule has 3 aromatic rings. The van der Waals surface area contributed by atoms with Crippen LogP contribution in [0.1, 0.15) is 61.7 Å². The van der Waals surface area contributed by atoms with Gasteiger partial charge in [0.15, 0.2) is 11.6 Å². The average Bonchev–Trinajstić information content (AvgIpc) is 3.27. The predicted octanol–water partition coefficient (Wildman–Crippen LogP) is 6.41. The number of nitrogens with one attached hydrogen (secondary N) is 2. The number of anilines is 3. The van der Waals surface area contributed by atoms with Crippen molar-refractivity contribution in [2.75, 3.05) is 10.6 Å². The number of hydrogen-bond acceptors (Lipinski definition) is 5. The third-order valence-electron chi connectivity index (χ3n) is 6.23. The molecule has 0 aliphatic heterocycles. The minimum Gasteiger partial charge on any atom is -0.399 e. The standard InChI is InChI=1S/C24H25F3N4O2/c1-13(2)14-3-5-15(6-4-14)16-7-9-17(10-8-16)28-22(32)23-30-31-24(33-23)29-21-12-19(26)18(25)11-20(21)27/h7-15H,3-6H2,1-2H3,(H,28,32)(H,29,31). The van der Waals surface area contributed by atoms with E-state index in [0.717, 1.165) is 11.8 Å². The summed E-state index contributed by atoms with van der Waals surface area (Å²) in [6, 6.07) is 8.36. The Morgan fingerprint density at radius 2 is 1.64 bits per heavy atom. The first-order valence-electron chi connectivity index (χ1n) is 11.0. The number of benzene rings is 2. The maximum absolute atomic E-state index is 13.8. The lowest BCUT2D eigenvalue weighted by Gasteiger charge is -2.31. The number of nitrogens with zero attached hydrogens (tertiary/aromatic N) is 2. The molecule has 0 bridgehead atoms. The van der Waals surface area contributed by atoms with Crippen LogP contribution in [0.4, 0.5) is 30.6 Å². The monoisotopic (exact) mass is 458 g/mol. The molecule has 1 aromatic heterocycles. The van der Waals surface area contributed by atoms with Crippen LogP contribution in [0.15, 0.2) is 40.8 Å². The lowest BCUT2D eigenvalue weighted by atomic mass is 9.75. The Kier molecular flexibility index (Phi) is 6.67. The molecule has 2 N–H and O–H groups in total. The van der Waals surface area contributed by atoms with Crippen molar-refractivity contribution in [3.63, 3.8) is 0 Å². The number of halogens is 3. The SMILES string of the molecule is CC(C)C1CCC(c2ccc(NC(=O)c3nnc(Nc4cc(F)c(F)cc4F)o3)cc2)CC1. The highest BCUT2D eigenvalue weighted by atomic mass is 19.2. The summed E-state index contributed by atoms with van der Waals surface area (Å²) in [6.45, 7) is 4.57. The van der Waals surface area contributed by atoms with Crippen LogP contribution >= 0.6 is 0 Å². The number of carbonyl (C=O) groups is 1. The van der Waals surface area contributed by atoms with Gasteiger partial charge in [0, 0.05) is 17.8 Å². The molecule has 0 atom stereocenters. The fourth-order valence-electron chi connectivity index (χ4n) is 4.24. The number of rotatable bonds is 6. The van der Waals surface area contributed by atoms with Gasteiger partial charge < -0.3 is 15.1 Å². The van der Waals surface area contributed by atoms with Crippen LogP contribution in [0.25, 0.3) is 0 Å². The Morgan fingerprint density at radius 3 is 2.30 bits per heavy atom. The highest BCUT2D eigenvalue weighted by Gasteiger charge is 2.24. The van der Waals surface area contributed by atoms with E-state index < -0.39 is 29.0 Å². The van der Waals surface area contributed by atoms with Crippen molar-refractivity contribution >= 4 is 23.3 Å². The van der Waals surface area contributed by atoms with Gasteiger partial charge >= 0.3 is 17.8 Å². The molecular weight excluding hydrogens is 433 g/mol. The second-order valence-electron chi connectivity index (χ2n) is 8.72. The van der Waals surface area contributed by atoms with Crippen LogP contribution in [0, 0.1) is 29.3 Å². The first-order chi connectivity index (χ1) is 15.8. The Hall–Kier alpha value is -3.36. The van der Waals surface area contributed by atoms with E-state index in [9.17, 15) is 18.0 Å². The summed E-state index contributed by atoms with van der Waals surface area (Å²) in [5, 5.41) is 12.2. The molecule has 1 heterocycles. The van der Waals surface area contributed by atoms with Gasteiger partial charge in [0.2, 0.25) is 0 Å². The largest absolute Gasteiger partial charge is 0.399 e. The van der Waals surface area contributed by atoms with Crippen molar-refractivity contribution in [3.8, 4) is 0 Å². The second-order valence-corrected chi connectivity index (χ2v) is 8.72. The van der Waals surface area contributed by atoms with Crippen molar-refractivity contribution in [1.29, 1.82) is 0 Å². The van der Waals surface area contributed by atoms with Crippen LogP contribution in [-0.2, 0) is 0 Å². The fourth-order valence-corrected chi connectivity index (χ4v) is 4.24. The minimum atomic E-state index is -1.32. The molecule has 1 aliphatic rings. The van der Waals surface area contributed by atoms with Crippen molar-refractivity contribution in [2.24, 2.45) is 11.8 Å². The highest BCUT2D eigenvalue weighted by Crippen LogP contribution is 2.38. The molecule has 0 saturated heterocycles. The molecule has 9 heteroatoms. The Bertz CT molecular complexity index is 1120. The van der Waals surface area contributed by atoms with Gasteiger partial charge in [-0.1, -0.05) is 31.1 Å². The quantitative estimate of drug-likeness (QED) is 0.417. The Labute approximate surface area is 189 Å². The van der Waals surface area contributed by atoms with Gasteiger partial charge in [0.05, 0.1) is 5.69 Å². The van der Waals surface area contributed by atoms with E-state index in [0.29, 0.717) is 23.7 Å². The minimum absolute atomic E-state index is 0.336. The van der Waals surface area contributed by atoms with E-state index in [2.05, 4.69) is 34.7 Å². The number of aromatic nitrogens is 2. The summed E-state index contributed by atoms with van der Waals surface area (Å²) < 4.78 is 45.3. The maximum Gasteiger partial charge on any atom is 0.320 e. The number of carbonyl (C=O) groups excluding carboxylic acids is 1. The van der Waals surface area contributed by atoms with Crippen molar-refractivity contribution in [3.05, 3.63) is 65.3 Å². The summed E-state index contributed by atoms with van der Waals surface area (Å²) in [5.41, 5.74) is 1.43. The lowest BCUT2D eigenvalue weighted by Crippen LogP contribution is -2.17. The first kappa shape index (κ1) is 22.8. The summed E-state index contributed by atoms with van der Waals surface area (Å²) in [5.74, 6) is -2.57. The first-order valence-corrected chi connectivity index (χ1v) is 11.0. The lowest BCUT2D eigenvalue weighted by molar-refractivity contribution is 0.0991. The molecule has 1 aliphatic carbocycles. The Morgan fingerprint density at radius 1 is 0.970 bits per heavy atom. The van der Waals surface area contributed by atoms with Gasteiger partial charge in [-0.2, -0.15) is 0 Å². The molecular formula is C24H25F3N4O2. The van der Waals surface area contributed by atoms with Crippen LogP contribution in [0.3, 0.4) is 0 Å². The van der Waals surface area contributed by atoms with E-state index in [4.69, 9.17) is 4.42 Å². The summed E-state index contributed by atoms with van der Waals surface area (Å²) >= 11 is 0. The van der Waals surface area contributed by atoms with Crippen molar-refractivity contribution < 1.29 is 22.4 Å². The van der Waals surface area contributed by atoms with Gasteiger partial charge in [-0.15, -0.1) is 5.10 Å². The fraction of sp³-hybridized carbons (Fsp3) is 0.375. The molecule has 0 radical (unpaired) electrons. The van der Waals surface area contributed by atoms with Gasteiger partial charge in [0.1, 0.15) is 5.82 Å². The molecule has 174 valence electrons. The molecule has 0 unspecified atom stereocenters. The van der Waals surface area contributed by atoms with E-state index in [-0.39, 0.29) is 11.9 Å². The van der Waals surface area contributed by atoms with Crippen molar-refractivity contribution in [1.82, 2.24) is 10.2 Å². The van der Waals surface area contributed by atoms with Crippen LogP contribution in [-0.4, -0.2) is 16.1 Å². The van der Waals surface area contributed by atoms with E-state index >= 15 is 0 Å². The molecule has 1 saturated carbocycles. The van der Waals surface area contributed by atoms with Crippen LogP contribution in [0.5, 0.6) is 0 Å². The summed E-state index contributed by atoms with van der Waals surface area (Å²) in [4.78, 5) is 12.4. The van der Waals surface area contributed by atoms with E-state index in [1.807, 2.05) is 24.3 Å². The molecule has 33 heavy (non-hydrogen) atoms. The zero-order chi connectivity index (χ0) is 23.5. The van der Waals surface area contributed by atoms with Crippen LogP contribution < -0.4 is 10.6 Å². The number of hydrogen-bond donors (Lipinski definition) is 2. The predicted molar refractivity (Wildman–Crippen MR) is 118 cm³/mol. The maximum atomic E-state index is 13.8. The molecule has 1 amide bonds. The smallest absolute Gasteiger partial charge is 0.320 e. The zero-order valence-electron chi connectivity index (χ0n) is 18.4. The summed E-state index contributed by atoms with van der Waals surface area (Å²) in [7, 11) is 0. The number of amides is 1. The third-order valence-corrected chi connectivity index (χ3v) is 6.23. The third kappa shape index (κ3) is 5.35. The molecule has 4 rings (SSSR count). The topological polar surface area (TPSA) is 80.0 Å². The van der Waals surface area contributed by atoms with E-state index in [1.165, 1.54) is 31.2 Å². The molecule has 2 aromatic carbocycles. The van der Waals surface area contributed by atoms with Gasteiger partial charge in [-0.3, -0.25) is 4.79 Å². The summed E-state index contributed by atoms with van der Waals surface area (Å²) in [6.07, 6.45) is 4.82. The van der Waals surface area contributed by atoms with Gasteiger partial charge in [-0.05, 0) is 61.1 Å². The molecule has 0 spiro atoms. The molecule has 6 nitrogen and oxygen atoms in total. The Balaban J connectivity index is 1.35. The molecule has 1 fully saturated rings.